The largest absolute Gasteiger partial charge is 0.376 e. The Balaban J connectivity index is 1.85. The first-order chi connectivity index (χ1) is 11.5. The number of halogens is 2. The zero-order valence-corrected chi connectivity index (χ0v) is 14.5. The lowest BCUT2D eigenvalue weighted by Crippen LogP contribution is -2.21. The zero-order chi connectivity index (χ0) is 17.5. The average molecular weight is 366 g/mol. The monoisotopic (exact) mass is 365 g/mol. The van der Waals surface area contributed by atoms with Crippen molar-refractivity contribution < 1.29 is 9.59 Å². The molecule has 0 saturated carbocycles. The van der Waals surface area contributed by atoms with Crippen molar-refractivity contribution in [3.05, 3.63) is 52.5 Å². The SMILES string of the molecule is CCC(=O)Nc1ccc(NC(=O)CNc2ccc(Cl)c(Cl)c2)cc1. The van der Waals surface area contributed by atoms with Crippen LogP contribution in [0.1, 0.15) is 13.3 Å². The van der Waals surface area contributed by atoms with Crippen molar-refractivity contribution in [2.75, 3.05) is 22.5 Å². The number of anilines is 3. The summed E-state index contributed by atoms with van der Waals surface area (Å²) in [7, 11) is 0. The first-order valence-corrected chi connectivity index (χ1v) is 8.12. The molecule has 0 bridgehead atoms. The van der Waals surface area contributed by atoms with Gasteiger partial charge in [0.15, 0.2) is 0 Å². The predicted octanol–water partition coefficient (Wildman–Crippen LogP) is 4.39. The zero-order valence-electron chi connectivity index (χ0n) is 13.0. The minimum atomic E-state index is -0.202. The van der Waals surface area contributed by atoms with E-state index in [1.807, 2.05) is 0 Å². The fourth-order valence-corrected chi connectivity index (χ4v) is 2.18. The minimum Gasteiger partial charge on any atom is -0.376 e. The summed E-state index contributed by atoms with van der Waals surface area (Å²) < 4.78 is 0. The Bertz CT molecular complexity index is 733. The predicted molar refractivity (Wildman–Crippen MR) is 98.9 cm³/mol. The summed E-state index contributed by atoms with van der Waals surface area (Å²) in [5.41, 5.74) is 2.04. The number of carbonyl (C=O) groups excluding carboxylic acids is 2. The third-order valence-corrected chi connectivity index (χ3v) is 3.89. The lowest BCUT2D eigenvalue weighted by Gasteiger charge is -2.09. The van der Waals surface area contributed by atoms with Gasteiger partial charge in [-0.05, 0) is 42.5 Å². The highest BCUT2D eigenvalue weighted by atomic mass is 35.5. The van der Waals surface area contributed by atoms with Crippen LogP contribution in [0.3, 0.4) is 0 Å². The van der Waals surface area contributed by atoms with E-state index in [4.69, 9.17) is 23.2 Å². The molecule has 0 radical (unpaired) electrons. The topological polar surface area (TPSA) is 70.2 Å². The number of rotatable bonds is 6. The molecule has 0 unspecified atom stereocenters. The lowest BCUT2D eigenvalue weighted by molar-refractivity contribution is -0.116. The maximum atomic E-state index is 11.9. The highest BCUT2D eigenvalue weighted by Gasteiger charge is 2.05. The summed E-state index contributed by atoms with van der Waals surface area (Å²) in [5.74, 6) is -0.260. The van der Waals surface area contributed by atoms with Crippen molar-refractivity contribution in [3.63, 3.8) is 0 Å². The van der Waals surface area contributed by atoms with Crippen LogP contribution < -0.4 is 16.0 Å². The molecule has 0 atom stereocenters. The Morgan fingerprint density at radius 1 is 0.833 bits per heavy atom. The van der Waals surface area contributed by atoms with E-state index in [2.05, 4.69) is 16.0 Å². The first-order valence-electron chi connectivity index (χ1n) is 7.36. The molecule has 0 aliphatic rings. The van der Waals surface area contributed by atoms with E-state index in [9.17, 15) is 9.59 Å². The number of hydrogen-bond acceptors (Lipinski definition) is 3. The molecule has 0 saturated heterocycles. The Kier molecular flexibility index (Phi) is 6.46. The molecule has 5 nitrogen and oxygen atoms in total. The number of hydrogen-bond donors (Lipinski definition) is 3. The number of carbonyl (C=O) groups is 2. The van der Waals surface area contributed by atoms with Gasteiger partial charge in [0.2, 0.25) is 11.8 Å². The van der Waals surface area contributed by atoms with E-state index in [1.165, 1.54) is 0 Å². The van der Waals surface area contributed by atoms with Crippen molar-refractivity contribution in [3.8, 4) is 0 Å². The van der Waals surface area contributed by atoms with Crippen molar-refractivity contribution in [1.82, 2.24) is 0 Å². The van der Waals surface area contributed by atoms with Gasteiger partial charge in [-0.25, -0.2) is 0 Å². The molecule has 0 aliphatic heterocycles. The summed E-state index contributed by atoms with van der Waals surface area (Å²) >= 11 is 11.8. The van der Waals surface area contributed by atoms with Gasteiger partial charge in [-0.2, -0.15) is 0 Å². The van der Waals surface area contributed by atoms with Crippen LogP contribution in [0, 0.1) is 0 Å². The molecule has 7 heteroatoms. The Morgan fingerprint density at radius 3 is 1.92 bits per heavy atom. The van der Waals surface area contributed by atoms with Gasteiger partial charge >= 0.3 is 0 Å². The lowest BCUT2D eigenvalue weighted by atomic mass is 10.2. The first kappa shape index (κ1) is 18.1. The molecule has 0 aliphatic carbocycles. The molecule has 2 aromatic rings. The molecular formula is C17H17Cl2N3O2. The molecule has 3 N–H and O–H groups in total. The van der Waals surface area contributed by atoms with Gasteiger partial charge in [0.1, 0.15) is 0 Å². The Labute approximate surface area is 150 Å². The van der Waals surface area contributed by atoms with E-state index >= 15 is 0 Å². The highest BCUT2D eigenvalue weighted by molar-refractivity contribution is 6.42. The number of nitrogens with one attached hydrogen (secondary N) is 3. The van der Waals surface area contributed by atoms with Gasteiger partial charge in [0.05, 0.1) is 16.6 Å². The maximum Gasteiger partial charge on any atom is 0.243 e. The van der Waals surface area contributed by atoms with Crippen molar-refractivity contribution in [1.29, 1.82) is 0 Å². The van der Waals surface area contributed by atoms with Crippen LogP contribution in [-0.2, 0) is 9.59 Å². The molecule has 2 aromatic carbocycles. The fraction of sp³-hybridized carbons (Fsp3) is 0.176. The van der Waals surface area contributed by atoms with Gasteiger partial charge < -0.3 is 16.0 Å². The molecule has 0 spiro atoms. The molecular weight excluding hydrogens is 349 g/mol. The van der Waals surface area contributed by atoms with Gasteiger partial charge in [-0.1, -0.05) is 30.1 Å². The van der Waals surface area contributed by atoms with Crippen LogP contribution in [0.5, 0.6) is 0 Å². The quantitative estimate of drug-likeness (QED) is 0.710. The summed E-state index contributed by atoms with van der Waals surface area (Å²) in [4.78, 5) is 23.2. The molecule has 0 heterocycles. The van der Waals surface area contributed by atoms with Crippen molar-refractivity contribution in [2.45, 2.75) is 13.3 Å². The summed E-state index contributed by atoms with van der Waals surface area (Å²) in [5, 5.41) is 9.35. The minimum absolute atomic E-state index is 0.0578. The number of benzene rings is 2. The molecule has 2 rings (SSSR count). The summed E-state index contributed by atoms with van der Waals surface area (Å²) in [6, 6.07) is 12.0. The van der Waals surface area contributed by atoms with Gasteiger partial charge in [-0.3, -0.25) is 9.59 Å². The van der Waals surface area contributed by atoms with Gasteiger partial charge in [0, 0.05) is 23.5 Å². The molecule has 2 amide bonds. The van der Waals surface area contributed by atoms with Crippen LogP contribution in [0.2, 0.25) is 10.0 Å². The summed E-state index contributed by atoms with van der Waals surface area (Å²) in [6.07, 6.45) is 0.416. The smallest absolute Gasteiger partial charge is 0.243 e. The fourth-order valence-electron chi connectivity index (χ4n) is 1.88. The highest BCUT2D eigenvalue weighted by Crippen LogP contribution is 2.24. The van der Waals surface area contributed by atoms with E-state index in [1.54, 1.807) is 49.4 Å². The third kappa shape index (κ3) is 5.44. The van der Waals surface area contributed by atoms with Crippen LogP contribution in [0.25, 0.3) is 0 Å². The molecule has 24 heavy (non-hydrogen) atoms. The van der Waals surface area contributed by atoms with Gasteiger partial charge in [-0.15, -0.1) is 0 Å². The van der Waals surface area contributed by atoms with Crippen LogP contribution in [0.4, 0.5) is 17.1 Å². The Hall–Kier alpha value is -2.24. The molecule has 126 valence electrons. The Morgan fingerprint density at radius 2 is 1.38 bits per heavy atom. The number of amides is 2. The molecule has 0 fully saturated rings. The standard InChI is InChI=1S/C17H17Cl2N3O2/c1-2-16(23)21-11-3-5-12(6-4-11)22-17(24)10-20-13-7-8-14(18)15(19)9-13/h3-9,20H,2,10H2,1H3,(H,21,23)(H,22,24). The second-order valence-corrected chi connectivity index (χ2v) is 5.82. The second-order valence-electron chi connectivity index (χ2n) is 5.01. The third-order valence-electron chi connectivity index (χ3n) is 3.15. The van der Waals surface area contributed by atoms with E-state index in [0.717, 1.165) is 0 Å². The second kappa shape index (κ2) is 8.57. The maximum absolute atomic E-state index is 11.9. The molecule has 0 aromatic heterocycles. The van der Waals surface area contributed by atoms with Gasteiger partial charge in [0.25, 0.3) is 0 Å². The van der Waals surface area contributed by atoms with E-state index < -0.39 is 0 Å². The van der Waals surface area contributed by atoms with Crippen molar-refractivity contribution in [2.24, 2.45) is 0 Å². The van der Waals surface area contributed by atoms with Crippen LogP contribution >= 0.6 is 23.2 Å². The van der Waals surface area contributed by atoms with Crippen molar-refractivity contribution >= 4 is 52.1 Å². The van der Waals surface area contributed by atoms with E-state index in [-0.39, 0.29) is 18.4 Å². The van der Waals surface area contributed by atoms with Crippen LogP contribution in [0.15, 0.2) is 42.5 Å². The van der Waals surface area contributed by atoms with E-state index in [0.29, 0.717) is 33.5 Å². The summed E-state index contributed by atoms with van der Waals surface area (Å²) in [6.45, 7) is 1.87. The normalized spacial score (nSPS) is 10.1. The average Bonchev–Trinajstić information content (AvgIpc) is 2.57. The van der Waals surface area contributed by atoms with Crippen LogP contribution in [-0.4, -0.2) is 18.4 Å².